The summed E-state index contributed by atoms with van der Waals surface area (Å²) in [5.74, 6) is -0.251. The number of benzene rings is 3. The number of hydrogen-bond acceptors (Lipinski definition) is 6. The maximum atomic E-state index is 13.5. The summed E-state index contributed by atoms with van der Waals surface area (Å²) < 4.78 is 22.5. The Morgan fingerprint density at radius 1 is 0.848 bits per heavy atom. The second-order valence-electron chi connectivity index (χ2n) is 7.82. The third-order valence-corrected chi connectivity index (χ3v) is 5.61. The van der Waals surface area contributed by atoms with Crippen molar-refractivity contribution in [2.75, 3.05) is 14.2 Å². The Morgan fingerprint density at radius 3 is 2.06 bits per heavy atom. The minimum atomic E-state index is -0.784. The average Bonchev–Trinajstić information content (AvgIpc) is 2.82. The Labute approximate surface area is 191 Å². The van der Waals surface area contributed by atoms with E-state index in [1.807, 2.05) is 51.1 Å². The van der Waals surface area contributed by atoms with Gasteiger partial charge in [-0.15, -0.1) is 0 Å². The largest absolute Gasteiger partial charge is 0.496 e. The minimum Gasteiger partial charge on any atom is -0.496 e. The molecule has 1 aromatic heterocycles. The molecule has 0 aliphatic heterocycles. The highest BCUT2D eigenvalue weighted by Gasteiger charge is 2.26. The number of fused-ring (bicyclic) bond motifs is 1. The van der Waals surface area contributed by atoms with Crippen molar-refractivity contribution in [3.05, 3.63) is 87.1 Å². The van der Waals surface area contributed by atoms with Gasteiger partial charge in [0.25, 0.3) is 0 Å². The van der Waals surface area contributed by atoms with E-state index in [2.05, 4.69) is 0 Å². The van der Waals surface area contributed by atoms with Crippen molar-refractivity contribution >= 4 is 16.9 Å². The maximum absolute atomic E-state index is 13.5. The molecule has 0 N–H and O–H groups in total. The minimum absolute atomic E-state index is 0.0805. The van der Waals surface area contributed by atoms with Gasteiger partial charge in [-0.3, -0.25) is 4.79 Å². The van der Waals surface area contributed by atoms with Crippen LogP contribution in [0.1, 0.15) is 27.0 Å². The van der Waals surface area contributed by atoms with Gasteiger partial charge in [-0.2, -0.15) is 0 Å². The van der Waals surface area contributed by atoms with E-state index in [9.17, 15) is 9.59 Å². The molecule has 0 saturated heterocycles. The van der Waals surface area contributed by atoms with Gasteiger partial charge in [0.1, 0.15) is 22.6 Å². The summed E-state index contributed by atoms with van der Waals surface area (Å²) in [6.07, 6.45) is 0. The number of rotatable bonds is 5. The molecule has 0 aliphatic carbocycles. The summed E-state index contributed by atoms with van der Waals surface area (Å²) in [7, 11) is 2.89. The molecule has 4 aromatic rings. The van der Waals surface area contributed by atoms with Gasteiger partial charge in [-0.1, -0.05) is 35.9 Å². The highest BCUT2D eigenvalue weighted by atomic mass is 16.5. The molecule has 0 saturated carbocycles. The Bertz CT molecular complexity index is 1390. The molecule has 0 unspecified atom stereocenters. The Hall–Kier alpha value is -4.06. The molecule has 0 fully saturated rings. The van der Waals surface area contributed by atoms with Gasteiger partial charge in [-0.25, -0.2) is 4.79 Å². The van der Waals surface area contributed by atoms with Crippen molar-refractivity contribution in [1.29, 1.82) is 0 Å². The van der Waals surface area contributed by atoms with E-state index in [0.29, 0.717) is 16.5 Å². The van der Waals surface area contributed by atoms with Crippen LogP contribution in [0.4, 0.5) is 0 Å². The molecule has 0 radical (unpaired) electrons. The molecular formula is C27H24O6. The number of carbonyl (C=O) groups excluding carboxylic acids is 1. The summed E-state index contributed by atoms with van der Waals surface area (Å²) in [4.78, 5) is 26.8. The van der Waals surface area contributed by atoms with E-state index in [0.717, 1.165) is 16.7 Å². The lowest BCUT2D eigenvalue weighted by Gasteiger charge is -2.14. The summed E-state index contributed by atoms with van der Waals surface area (Å²) in [6.45, 7) is 5.82. The van der Waals surface area contributed by atoms with Gasteiger partial charge < -0.3 is 18.6 Å². The van der Waals surface area contributed by atoms with E-state index in [1.165, 1.54) is 14.2 Å². The quantitative estimate of drug-likeness (QED) is 0.372. The predicted molar refractivity (Wildman–Crippen MR) is 127 cm³/mol. The Morgan fingerprint density at radius 2 is 1.45 bits per heavy atom. The van der Waals surface area contributed by atoms with Gasteiger partial charge in [0, 0.05) is 5.56 Å². The maximum Gasteiger partial charge on any atom is 0.351 e. The third-order valence-electron chi connectivity index (χ3n) is 5.61. The van der Waals surface area contributed by atoms with E-state index >= 15 is 0 Å². The van der Waals surface area contributed by atoms with Gasteiger partial charge in [0.05, 0.1) is 19.6 Å². The molecule has 1 heterocycles. The molecule has 6 heteroatoms. The highest BCUT2D eigenvalue weighted by Crippen LogP contribution is 2.34. The molecule has 0 amide bonds. The lowest BCUT2D eigenvalue weighted by molar-refractivity contribution is 0.0724. The zero-order chi connectivity index (χ0) is 23.7. The van der Waals surface area contributed by atoms with E-state index in [4.69, 9.17) is 18.6 Å². The monoisotopic (exact) mass is 444 g/mol. The topological polar surface area (TPSA) is 75.0 Å². The normalized spacial score (nSPS) is 10.8. The van der Waals surface area contributed by atoms with Crippen LogP contribution in [0, 0.1) is 20.8 Å². The fraction of sp³-hybridized carbons (Fsp3) is 0.185. The van der Waals surface area contributed by atoms with Gasteiger partial charge in [-0.05, 0) is 56.2 Å². The molecule has 168 valence electrons. The SMILES string of the molecule is COc1cccc(OC)c1C(=O)Oc1c(-c2ccc(C)cc2)oc2cc(C)c(C)cc2c1=O. The first-order valence-corrected chi connectivity index (χ1v) is 10.4. The summed E-state index contributed by atoms with van der Waals surface area (Å²) in [6, 6.07) is 15.9. The van der Waals surface area contributed by atoms with Crippen LogP contribution >= 0.6 is 0 Å². The lowest BCUT2D eigenvalue weighted by Crippen LogP contribution is -2.18. The third kappa shape index (κ3) is 4.07. The lowest BCUT2D eigenvalue weighted by atomic mass is 10.0. The zero-order valence-corrected chi connectivity index (χ0v) is 19.1. The molecule has 3 aromatic carbocycles. The number of aryl methyl sites for hydroxylation is 3. The molecule has 33 heavy (non-hydrogen) atoms. The van der Waals surface area contributed by atoms with Crippen LogP contribution in [-0.4, -0.2) is 20.2 Å². The van der Waals surface area contributed by atoms with Crippen molar-refractivity contribution in [3.63, 3.8) is 0 Å². The molecule has 6 nitrogen and oxygen atoms in total. The number of hydrogen-bond donors (Lipinski definition) is 0. The Balaban J connectivity index is 1.94. The first-order chi connectivity index (χ1) is 15.8. The van der Waals surface area contributed by atoms with Crippen molar-refractivity contribution < 1.29 is 23.4 Å². The van der Waals surface area contributed by atoms with Crippen molar-refractivity contribution in [1.82, 2.24) is 0 Å². The van der Waals surface area contributed by atoms with Crippen molar-refractivity contribution in [2.24, 2.45) is 0 Å². The standard InChI is InChI=1S/C27H24O6/c1-15-9-11-18(12-10-15)25-26(24(28)19-13-16(2)17(3)14-22(19)32-25)33-27(29)23-20(30-4)7-6-8-21(23)31-5/h6-14H,1-5H3. The van der Waals surface area contributed by atoms with Crippen LogP contribution in [0.3, 0.4) is 0 Å². The van der Waals surface area contributed by atoms with Crippen LogP contribution < -0.4 is 19.6 Å². The van der Waals surface area contributed by atoms with Gasteiger partial charge in [0.15, 0.2) is 5.76 Å². The van der Waals surface area contributed by atoms with E-state index in [-0.39, 0.29) is 28.6 Å². The predicted octanol–water partition coefficient (Wildman–Crippen LogP) is 5.62. The number of carbonyl (C=O) groups is 1. The van der Waals surface area contributed by atoms with Crippen molar-refractivity contribution in [3.8, 4) is 28.6 Å². The molecule has 0 spiro atoms. The summed E-state index contributed by atoms with van der Waals surface area (Å²) in [5.41, 5.74) is 3.66. The molecular weight excluding hydrogens is 420 g/mol. The number of methoxy groups -OCH3 is 2. The first-order valence-electron chi connectivity index (χ1n) is 10.4. The van der Waals surface area contributed by atoms with Crippen molar-refractivity contribution in [2.45, 2.75) is 20.8 Å². The number of ether oxygens (including phenoxy) is 3. The van der Waals surface area contributed by atoms with Gasteiger partial charge >= 0.3 is 5.97 Å². The average molecular weight is 444 g/mol. The fourth-order valence-electron chi connectivity index (χ4n) is 3.62. The van der Waals surface area contributed by atoms with Crippen LogP contribution in [0.5, 0.6) is 17.2 Å². The fourth-order valence-corrected chi connectivity index (χ4v) is 3.62. The van der Waals surface area contributed by atoms with Crippen LogP contribution in [-0.2, 0) is 0 Å². The van der Waals surface area contributed by atoms with Crippen LogP contribution in [0.25, 0.3) is 22.3 Å². The second-order valence-corrected chi connectivity index (χ2v) is 7.82. The summed E-state index contributed by atoms with van der Waals surface area (Å²) >= 11 is 0. The second kappa shape index (κ2) is 8.82. The van der Waals surface area contributed by atoms with Crippen LogP contribution in [0.2, 0.25) is 0 Å². The molecule has 0 atom stereocenters. The van der Waals surface area contributed by atoms with E-state index < -0.39 is 11.4 Å². The molecule has 4 rings (SSSR count). The Kier molecular flexibility index (Phi) is 5.92. The van der Waals surface area contributed by atoms with Gasteiger partial charge in [0.2, 0.25) is 11.2 Å². The smallest absolute Gasteiger partial charge is 0.351 e. The first kappa shape index (κ1) is 22.1. The highest BCUT2D eigenvalue weighted by molar-refractivity contribution is 5.98. The summed E-state index contributed by atoms with van der Waals surface area (Å²) in [5, 5.41) is 0.337. The zero-order valence-electron chi connectivity index (χ0n) is 19.1. The number of esters is 1. The van der Waals surface area contributed by atoms with E-state index in [1.54, 1.807) is 24.3 Å². The van der Waals surface area contributed by atoms with Crippen LogP contribution in [0.15, 0.2) is 63.8 Å². The molecule has 0 aliphatic rings. The molecule has 0 bridgehead atoms.